The summed E-state index contributed by atoms with van der Waals surface area (Å²) in [6, 6.07) is 4.08. The first kappa shape index (κ1) is 30.9. The number of rotatable bonds is 13. The van der Waals surface area contributed by atoms with Gasteiger partial charge in [0.05, 0.1) is 46.1 Å². The molecular formula is C30H33N3O7S2. The molecule has 1 aromatic carbocycles. The lowest BCUT2D eigenvalue weighted by molar-refractivity contribution is -0.117. The average Bonchev–Trinajstić information content (AvgIpc) is 3.59. The van der Waals surface area contributed by atoms with Crippen molar-refractivity contribution in [2.75, 3.05) is 24.7 Å². The van der Waals surface area contributed by atoms with Crippen LogP contribution in [0.5, 0.6) is 11.5 Å². The van der Waals surface area contributed by atoms with Gasteiger partial charge in [-0.2, -0.15) is 0 Å². The van der Waals surface area contributed by atoms with Crippen molar-refractivity contribution in [3.63, 3.8) is 0 Å². The van der Waals surface area contributed by atoms with Gasteiger partial charge in [-0.3, -0.25) is 14.5 Å². The number of anilines is 1. The van der Waals surface area contributed by atoms with Crippen LogP contribution in [0.3, 0.4) is 0 Å². The molecule has 0 bridgehead atoms. The normalized spacial score (nSPS) is 14.8. The lowest BCUT2D eigenvalue weighted by atomic mass is 9.95. The Balaban J connectivity index is 1.86. The first-order valence-electron chi connectivity index (χ1n) is 13.5. The molecule has 1 aliphatic heterocycles. The molecule has 0 radical (unpaired) electrons. The summed E-state index contributed by atoms with van der Waals surface area (Å²) in [5, 5.41) is 12.0. The molecule has 0 aliphatic carbocycles. The molecule has 0 fully saturated rings. The van der Waals surface area contributed by atoms with E-state index >= 15 is 0 Å². The Hall–Kier alpha value is -4.03. The Bertz CT molecular complexity index is 1560. The highest BCUT2D eigenvalue weighted by atomic mass is 32.1. The number of ether oxygens (including phenoxy) is 3. The van der Waals surface area contributed by atoms with E-state index in [9.17, 15) is 19.5 Å². The Labute approximate surface area is 252 Å². The number of amides is 1. The minimum Gasteiger partial charge on any atom is -0.503 e. The standard InChI is InChI=1S/C30H33N3O7S2/c1-7-10-14-39-20-12-11-19(15-21(20)38-9-3)23-22(24(34)26-16(4)31-18(6)41-26)25(35)28(36)33(23)30-32-17(5)27(42-30)29(37)40-13-8-2/h8,11-12,15,23,35H,2,7,9-10,13-14H2,1,3-6H3. The highest BCUT2D eigenvalue weighted by Crippen LogP contribution is 2.46. The Morgan fingerprint density at radius 3 is 2.45 bits per heavy atom. The molecule has 10 nitrogen and oxygen atoms in total. The number of unbranched alkanes of at least 4 members (excludes halogenated alkanes) is 1. The lowest BCUT2D eigenvalue weighted by Crippen LogP contribution is -2.31. The molecule has 222 valence electrons. The maximum atomic E-state index is 14.0. The Morgan fingerprint density at radius 1 is 1.07 bits per heavy atom. The number of Topliss-reactive ketones (excluding diaryl/α,β-unsaturated/α-hetero) is 1. The molecule has 42 heavy (non-hydrogen) atoms. The second kappa shape index (κ2) is 13.3. The van der Waals surface area contributed by atoms with Crippen LogP contribution >= 0.6 is 22.7 Å². The number of ketones is 1. The summed E-state index contributed by atoms with van der Waals surface area (Å²) < 4.78 is 17.0. The van der Waals surface area contributed by atoms with Crippen LogP contribution in [0.1, 0.15) is 74.0 Å². The van der Waals surface area contributed by atoms with E-state index in [-0.39, 0.29) is 22.2 Å². The van der Waals surface area contributed by atoms with E-state index in [4.69, 9.17) is 14.2 Å². The first-order valence-corrected chi connectivity index (χ1v) is 15.2. The summed E-state index contributed by atoms with van der Waals surface area (Å²) in [5.41, 5.74) is 1.22. The number of carbonyl (C=O) groups excluding carboxylic acids is 3. The third-order valence-corrected chi connectivity index (χ3v) is 8.62. The number of aliphatic hydroxyl groups excluding tert-OH is 1. The van der Waals surface area contributed by atoms with Gasteiger partial charge in [-0.05, 0) is 51.8 Å². The molecule has 3 heterocycles. The van der Waals surface area contributed by atoms with Crippen molar-refractivity contribution in [2.45, 2.75) is 53.5 Å². The minimum atomic E-state index is -1.07. The van der Waals surface area contributed by atoms with Crippen LogP contribution in [0.4, 0.5) is 5.13 Å². The van der Waals surface area contributed by atoms with E-state index in [0.717, 1.165) is 24.2 Å². The van der Waals surface area contributed by atoms with E-state index in [1.54, 1.807) is 39.0 Å². The maximum Gasteiger partial charge on any atom is 0.350 e. The Morgan fingerprint density at radius 2 is 1.81 bits per heavy atom. The number of benzene rings is 1. The zero-order chi connectivity index (χ0) is 30.6. The number of esters is 1. The number of hydrogen-bond acceptors (Lipinski definition) is 11. The lowest BCUT2D eigenvalue weighted by Gasteiger charge is -2.25. The summed E-state index contributed by atoms with van der Waals surface area (Å²) in [6.07, 6.45) is 3.27. The van der Waals surface area contributed by atoms with Crippen molar-refractivity contribution >= 4 is 45.5 Å². The molecule has 12 heteroatoms. The fourth-order valence-electron chi connectivity index (χ4n) is 4.50. The monoisotopic (exact) mass is 611 g/mol. The van der Waals surface area contributed by atoms with Crippen molar-refractivity contribution in [3.05, 3.63) is 73.9 Å². The first-order chi connectivity index (χ1) is 20.1. The molecule has 3 aromatic rings. The van der Waals surface area contributed by atoms with Crippen LogP contribution < -0.4 is 14.4 Å². The van der Waals surface area contributed by atoms with E-state index in [0.29, 0.717) is 51.5 Å². The van der Waals surface area contributed by atoms with Crippen LogP contribution in [0.2, 0.25) is 0 Å². The van der Waals surface area contributed by atoms with Crippen LogP contribution in [-0.2, 0) is 9.53 Å². The van der Waals surface area contributed by atoms with Crippen molar-refractivity contribution in [2.24, 2.45) is 0 Å². The average molecular weight is 612 g/mol. The molecule has 4 rings (SSSR count). The zero-order valence-electron chi connectivity index (χ0n) is 24.2. The number of hydrogen-bond donors (Lipinski definition) is 1. The van der Waals surface area contributed by atoms with Gasteiger partial charge in [0.2, 0.25) is 5.78 Å². The highest BCUT2D eigenvalue weighted by molar-refractivity contribution is 7.17. The molecule has 1 aliphatic rings. The van der Waals surface area contributed by atoms with Crippen molar-refractivity contribution in [1.29, 1.82) is 0 Å². The maximum absolute atomic E-state index is 14.0. The summed E-state index contributed by atoms with van der Waals surface area (Å²) in [6.45, 7) is 13.4. The quantitative estimate of drug-likeness (QED) is 0.104. The predicted molar refractivity (Wildman–Crippen MR) is 161 cm³/mol. The van der Waals surface area contributed by atoms with Gasteiger partial charge in [0, 0.05) is 0 Å². The number of aryl methyl sites for hydroxylation is 3. The molecule has 1 N–H and O–H groups in total. The van der Waals surface area contributed by atoms with E-state index in [2.05, 4.69) is 23.5 Å². The summed E-state index contributed by atoms with van der Waals surface area (Å²) in [5.74, 6) is -1.68. The number of aliphatic hydroxyl groups is 1. The predicted octanol–water partition coefficient (Wildman–Crippen LogP) is 6.23. The smallest absolute Gasteiger partial charge is 0.350 e. The van der Waals surface area contributed by atoms with Gasteiger partial charge in [-0.1, -0.05) is 43.4 Å². The number of aromatic nitrogens is 2. The number of thiazole rings is 2. The van der Waals surface area contributed by atoms with Crippen molar-refractivity contribution in [1.82, 2.24) is 9.97 Å². The second-order valence-corrected chi connectivity index (χ2v) is 11.6. The van der Waals surface area contributed by atoms with Crippen LogP contribution in [0.25, 0.3) is 0 Å². The fraction of sp³-hybridized carbons (Fsp3) is 0.367. The SMILES string of the molecule is C=CCOC(=O)c1sc(N2C(=O)C(O)=C(C(=O)c3sc(C)nc3C)C2c2ccc(OCCCC)c(OCC)c2)nc1C. The van der Waals surface area contributed by atoms with E-state index in [1.165, 1.54) is 22.3 Å². The van der Waals surface area contributed by atoms with Gasteiger partial charge in [-0.25, -0.2) is 14.8 Å². The second-order valence-electron chi connectivity index (χ2n) is 9.46. The molecule has 0 saturated heterocycles. The third-order valence-electron chi connectivity index (χ3n) is 6.41. The van der Waals surface area contributed by atoms with Gasteiger partial charge >= 0.3 is 5.97 Å². The van der Waals surface area contributed by atoms with Gasteiger partial charge < -0.3 is 19.3 Å². The van der Waals surface area contributed by atoms with Crippen molar-refractivity contribution in [3.8, 4) is 11.5 Å². The number of carbonyl (C=O) groups is 3. The highest BCUT2D eigenvalue weighted by Gasteiger charge is 2.47. The molecule has 0 saturated carbocycles. The van der Waals surface area contributed by atoms with E-state index < -0.39 is 29.5 Å². The summed E-state index contributed by atoms with van der Waals surface area (Å²) in [7, 11) is 0. The van der Waals surface area contributed by atoms with Crippen molar-refractivity contribution < 1.29 is 33.7 Å². The molecule has 1 unspecified atom stereocenters. The minimum absolute atomic E-state index is 0.0122. The molecule has 2 aromatic heterocycles. The largest absolute Gasteiger partial charge is 0.503 e. The molecule has 1 amide bonds. The van der Waals surface area contributed by atoms with Gasteiger partial charge in [0.1, 0.15) is 11.5 Å². The number of nitrogens with zero attached hydrogens (tertiary/aromatic N) is 3. The zero-order valence-corrected chi connectivity index (χ0v) is 25.8. The summed E-state index contributed by atoms with van der Waals surface area (Å²) >= 11 is 2.13. The summed E-state index contributed by atoms with van der Waals surface area (Å²) in [4.78, 5) is 50.9. The van der Waals surface area contributed by atoms with Crippen LogP contribution in [0.15, 0.2) is 42.2 Å². The molecule has 1 atom stereocenters. The third kappa shape index (κ3) is 6.09. The molecular weight excluding hydrogens is 578 g/mol. The van der Waals surface area contributed by atoms with E-state index in [1.807, 2.05) is 6.92 Å². The molecule has 0 spiro atoms. The van der Waals surface area contributed by atoms with Crippen LogP contribution in [-0.4, -0.2) is 52.6 Å². The van der Waals surface area contributed by atoms with Gasteiger partial charge in [-0.15, -0.1) is 11.3 Å². The fourth-order valence-corrected chi connectivity index (χ4v) is 6.36. The van der Waals surface area contributed by atoms with Gasteiger partial charge in [0.15, 0.2) is 22.4 Å². The Kier molecular flexibility index (Phi) is 9.79. The van der Waals surface area contributed by atoms with Gasteiger partial charge in [0.25, 0.3) is 5.91 Å². The van der Waals surface area contributed by atoms with Crippen LogP contribution in [0, 0.1) is 20.8 Å². The topological polar surface area (TPSA) is 128 Å².